The first-order valence-corrected chi connectivity index (χ1v) is 8.09. The number of fused-ring (bicyclic) bond motifs is 1. The third-order valence-corrected chi connectivity index (χ3v) is 4.34. The van der Waals surface area contributed by atoms with Crippen LogP contribution in [0.4, 0.5) is 0 Å². The summed E-state index contributed by atoms with van der Waals surface area (Å²) < 4.78 is 11.9. The van der Waals surface area contributed by atoms with Crippen LogP contribution >= 0.6 is 22.9 Å². The van der Waals surface area contributed by atoms with Crippen LogP contribution < -0.4 is 9.47 Å². The molecule has 0 aliphatic heterocycles. The summed E-state index contributed by atoms with van der Waals surface area (Å²) >= 11 is 7.55. The lowest BCUT2D eigenvalue weighted by molar-refractivity contribution is -0.131. The third-order valence-electron chi connectivity index (χ3n) is 3.09. The Labute approximate surface area is 141 Å². The Bertz CT molecular complexity index is 879. The number of carbonyl (C=O) groups excluding carboxylic acids is 1. The van der Waals surface area contributed by atoms with Crippen LogP contribution in [-0.4, -0.2) is 15.9 Å². The monoisotopic (exact) mass is 348 g/mol. The molecule has 2 aromatic heterocycles. The molecule has 0 unspecified atom stereocenters. The molecule has 0 bridgehead atoms. The highest BCUT2D eigenvalue weighted by molar-refractivity contribution is 7.17. The molecule has 23 heavy (non-hydrogen) atoms. The number of nitrogens with zero attached hydrogens (tertiary/aromatic N) is 2. The minimum absolute atomic E-state index is 0.285. The third kappa shape index (κ3) is 3.60. The van der Waals surface area contributed by atoms with Crippen LogP contribution in [-0.2, 0) is 11.4 Å². The van der Waals surface area contributed by atoms with Gasteiger partial charge in [-0.2, -0.15) is 0 Å². The molecular weight excluding hydrogens is 336 g/mol. The van der Waals surface area contributed by atoms with Crippen LogP contribution in [0.1, 0.15) is 18.3 Å². The fourth-order valence-electron chi connectivity index (χ4n) is 2.03. The topological polar surface area (TPSA) is 61.3 Å². The van der Waals surface area contributed by atoms with Gasteiger partial charge in [-0.25, -0.2) is 9.97 Å². The molecule has 0 saturated carbocycles. The lowest BCUT2D eigenvalue weighted by Gasteiger charge is -2.07. The number of esters is 1. The van der Waals surface area contributed by atoms with Crippen LogP contribution in [0.25, 0.3) is 10.1 Å². The van der Waals surface area contributed by atoms with Crippen molar-refractivity contribution in [1.29, 1.82) is 0 Å². The average Bonchev–Trinajstić information content (AvgIpc) is 2.88. The highest BCUT2D eigenvalue weighted by Crippen LogP contribution is 2.35. The number of rotatable bonds is 4. The maximum absolute atomic E-state index is 11.1. The summed E-state index contributed by atoms with van der Waals surface area (Å²) in [6.45, 7) is 3.45. The lowest BCUT2D eigenvalue weighted by Crippen LogP contribution is -2.01. The van der Waals surface area contributed by atoms with E-state index in [2.05, 4.69) is 9.97 Å². The molecule has 2 heterocycles. The molecule has 0 amide bonds. The SMILES string of the molecule is CC(=O)Oc1csc2cc(OCc3cnc(C)nc3Cl)ccc12. The Hall–Kier alpha value is -2.18. The van der Waals surface area contributed by atoms with Gasteiger partial charge in [0.2, 0.25) is 0 Å². The van der Waals surface area contributed by atoms with E-state index in [1.165, 1.54) is 18.3 Å². The second kappa shape index (κ2) is 6.52. The minimum atomic E-state index is -0.334. The Balaban J connectivity index is 1.77. The molecule has 0 saturated heterocycles. The second-order valence-corrected chi connectivity index (χ2v) is 6.14. The van der Waals surface area contributed by atoms with Gasteiger partial charge in [0.25, 0.3) is 0 Å². The van der Waals surface area contributed by atoms with Crippen molar-refractivity contribution in [2.45, 2.75) is 20.5 Å². The van der Waals surface area contributed by atoms with Crippen molar-refractivity contribution in [2.24, 2.45) is 0 Å². The van der Waals surface area contributed by atoms with Gasteiger partial charge in [0, 0.05) is 34.2 Å². The van der Waals surface area contributed by atoms with E-state index in [1.807, 2.05) is 18.2 Å². The molecule has 1 aromatic carbocycles. The molecule has 0 aliphatic rings. The smallest absolute Gasteiger partial charge is 0.308 e. The molecule has 0 aliphatic carbocycles. The Morgan fingerprint density at radius 2 is 2.22 bits per heavy atom. The van der Waals surface area contributed by atoms with Gasteiger partial charge >= 0.3 is 5.97 Å². The molecule has 3 rings (SSSR count). The number of aromatic nitrogens is 2. The lowest BCUT2D eigenvalue weighted by atomic mass is 10.2. The number of thiophene rings is 1. The zero-order valence-corrected chi connectivity index (χ0v) is 14.1. The summed E-state index contributed by atoms with van der Waals surface area (Å²) in [4.78, 5) is 19.3. The van der Waals surface area contributed by atoms with Crippen molar-refractivity contribution < 1.29 is 14.3 Å². The summed E-state index contributed by atoms with van der Waals surface area (Å²) in [6, 6.07) is 5.59. The van der Waals surface area contributed by atoms with Crippen LogP contribution in [0.2, 0.25) is 5.15 Å². The van der Waals surface area contributed by atoms with Crippen LogP contribution in [0.3, 0.4) is 0 Å². The fraction of sp³-hybridized carbons (Fsp3) is 0.188. The first-order chi connectivity index (χ1) is 11.0. The van der Waals surface area contributed by atoms with E-state index in [0.29, 0.717) is 22.5 Å². The van der Waals surface area contributed by atoms with E-state index in [-0.39, 0.29) is 12.6 Å². The van der Waals surface area contributed by atoms with Gasteiger partial charge in [0.1, 0.15) is 29.1 Å². The van der Waals surface area contributed by atoms with Crippen LogP contribution in [0.15, 0.2) is 29.8 Å². The van der Waals surface area contributed by atoms with E-state index in [9.17, 15) is 4.79 Å². The zero-order valence-electron chi connectivity index (χ0n) is 12.5. The normalized spacial score (nSPS) is 10.7. The van der Waals surface area contributed by atoms with Crippen molar-refractivity contribution in [2.75, 3.05) is 0 Å². The summed E-state index contributed by atoms with van der Waals surface area (Å²) in [5.74, 6) is 1.56. The fourth-order valence-corrected chi connectivity index (χ4v) is 3.15. The molecule has 0 radical (unpaired) electrons. The summed E-state index contributed by atoms with van der Waals surface area (Å²) in [7, 11) is 0. The summed E-state index contributed by atoms with van der Waals surface area (Å²) in [5, 5.41) is 3.08. The Morgan fingerprint density at radius 1 is 1.39 bits per heavy atom. The zero-order chi connectivity index (χ0) is 16.4. The average molecular weight is 349 g/mol. The van der Waals surface area contributed by atoms with E-state index >= 15 is 0 Å². The first kappa shape index (κ1) is 15.7. The van der Waals surface area contributed by atoms with Crippen LogP contribution in [0.5, 0.6) is 11.5 Å². The number of carbonyl (C=O) groups is 1. The molecule has 0 N–H and O–H groups in total. The maximum Gasteiger partial charge on any atom is 0.308 e. The predicted molar refractivity (Wildman–Crippen MR) is 89.2 cm³/mol. The molecule has 0 atom stereocenters. The van der Waals surface area contributed by atoms with E-state index in [1.54, 1.807) is 18.5 Å². The number of benzene rings is 1. The van der Waals surface area contributed by atoms with Gasteiger partial charge in [0.15, 0.2) is 0 Å². The summed E-state index contributed by atoms with van der Waals surface area (Å²) in [5.41, 5.74) is 0.726. The number of hydrogen-bond acceptors (Lipinski definition) is 6. The number of hydrogen-bond donors (Lipinski definition) is 0. The molecule has 7 heteroatoms. The number of halogens is 1. The van der Waals surface area contributed by atoms with Gasteiger partial charge < -0.3 is 9.47 Å². The Kier molecular flexibility index (Phi) is 4.45. The van der Waals surface area contributed by atoms with Gasteiger partial charge in [-0.05, 0) is 25.1 Å². The first-order valence-electron chi connectivity index (χ1n) is 6.83. The molecular formula is C16H13ClN2O3S. The molecule has 118 valence electrons. The second-order valence-electron chi connectivity index (χ2n) is 4.87. The highest BCUT2D eigenvalue weighted by Gasteiger charge is 2.09. The molecule has 0 fully saturated rings. The summed E-state index contributed by atoms with van der Waals surface area (Å²) in [6.07, 6.45) is 1.66. The van der Waals surface area contributed by atoms with Crippen molar-refractivity contribution in [3.05, 3.63) is 46.3 Å². The van der Waals surface area contributed by atoms with Crippen molar-refractivity contribution >= 4 is 39.0 Å². The van der Waals surface area contributed by atoms with Gasteiger partial charge in [-0.3, -0.25) is 4.79 Å². The van der Waals surface area contributed by atoms with Gasteiger partial charge in [0.05, 0.1) is 0 Å². The molecule has 5 nitrogen and oxygen atoms in total. The van der Waals surface area contributed by atoms with Crippen molar-refractivity contribution in [3.63, 3.8) is 0 Å². The van der Waals surface area contributed by atoms with Gasteiger partial charge in [-0.15, -0.1) is 11.3 Å². The van der Waals surface area contributed by atoms with Gasteiger partial charge in [-0.1, -0.05) is 11.6 Å². The van der Waals surface area contributed by atoms with Crippen LogP contribution in [0, 0.1) is 6.92 Å². The van der Waals surface area contributed by atoms with E-state index in [0.717, 1.165) is 15.6 Å². The molecule has 3 aromatic rings. The Morgan fingerprint density at radius 3 is 2.96 bits per heavy atom. The van der Waals surface area contributed by atoms with E-state index in [4.69, 9.17) is 21.1 Å². The number of ether oxygens (including phenoxy) is 2. The minimum Gasteiger partial charge on any atom is -0.489 e. The maximum atomic E-state index is 11.1. The standard InChI is InChI=1S/C16H13ClN2O3S/c1-9-18-6-11(16(17)19-9)7-21-12-3-4-13-14(22-10(2)20)8-23-15(13)5-12/h3-6,8H,7H2,1-2H3. The predicted octanol–water partition coefficient (Wildman–Crippen LogP) is 4.16. The molecule has 0 spiro atoms. The van der Waals surface area contributed by atoms with Crippen molar-refractivity contribution in [3.8, 4) is 11.5 Å². The van der Waals surface area contributed by atoms with E-state index < -0.39 is 0 Å². The van der Waals surface area contributed by atoms with Crippen molar-refractivity contribution in [1.82, 2.24) is 9.97 Å². The highest BCUT2D eigenvalue weighted by atomic mass is 35.5. The number of aryl methyl sites for hydroxylation is 1. The quantitative estimate of drug-likeness (QED) is 0.523. The largest absolute Gasteiger partial charge is 0.489 e.